The molecule has 2 amide bonds. The van der Waals surface area contributed by atoms with E-state index in [4.69, 9.17) is 11.6 Å². The van der Waals surface area contributed by atoms with Gasteiger partial charge in [0.15, 0.2) is 5.75 Å². The van der Waals surface area contributed by atoms with Crippen LogP contribution in [0.25, 0.3) is 0 Å². The fourth-order valence-corrected chi connectivity index (χ4v) is 3.70. The van der Waals surface area contributed by atoms with Gasteiger partial charge in [-0.05, 0) is 38.0 Å². The molecular formula is C21H23ClFN3O4. The molecule has 30 heavy (non-hydrogen) atoms. The number of nitrogens with zero attached hydrogens (tertiary/aromatic N) is 3. The number of benzene rings is 1. The quantitative estimate of drug-likeness (QED) is 0.800. The summed E-state index contributed by atoms with van der Waals surface area (Å²) in [6, 6.07) is 4.04. The zero-order valence-corrected chi connectivity index (χ0v) is 18.0. The van der Waals surface area contributed by atoms with Crippen LogP contribution in [-0.4, -0.2) is 50.9 Å². The highest BCUT2D eigenvalue weighted by Gasteiger charge is 2.35. The van der Waals surface area contributed by atoms with Gasteiger partial charge >= 0.3 is 0 Å². The van der Waals surface area contributed by atoms with E-state index >= 15 is 0 Å². The maximum absolute atomic E-state index is 13.4. The minimum Gasteiger partial charge on any atom is -0.502 e. The first kappa shape index (κ1) is 21.8. The maximum Gasteiger partial charge on any atom is 0.293 e. The molecule has 1 N–H and O–H groups in total. The molecule has 0 saturated carbocycles. The van der Waals surface area contributed by atoms with Crippen molar-refractivity contribution in [1.29, 1.82) is 0 Å². The first-order valence-electron chi connectivity index (χ1n) is 9.49. The van der Waals surface area contributed by atoms with Gasteiger partial charge in [0.05, 0.1) is 10.6 Å². The van der Waals surface area contributed by atoms with Gasteiger partial charge in [-0.25, -0.2) is 4.39 Å². The first-order chi connectivity index (χ1) is 14.0. The standard InChI is InChI=1S/C21H23ClFN3O4/c1-11(2)24(3)20(29)17-13-7-8-26(10-12-5-6-15(23)14(22)9-12)19(28)16(13)18(27)21(30)25(17)4/h5-6,9,11,27H,7-8,10H2,1-4H3. The summed E-state index contributed by atoms with van der Waals surface area (Å²) in [7, 11) is 3.02. The number of pyridine rings is 1. The van der Waals surface area contributed by atoms with Gasteiger partial charge in [0.2, 0.25) is 0 Å². The summed E-state index contributed by atoms with van der Waals surface area (Å²) in [6.45, 7) is 4.07. The fourth-order valence-electron chi connectivity index (χ4n) is 3.49. The van der Waals surface area contributed by atoms with Gasteiger partial charge in [-0.2, -0.15) is 0 Å². The van der Waals surface area contributed by atoms with Crippen LogP contribution in [-0.2, 0) is 20.0 Å². The smallest absolute Gasteiger partial charge is 0.293 e. The topological polar surface area (TPSA) is 82.9 Å². The van der Waals surface area contributed by atoms with Crippen LogP contribution in [0.2, 0.25) is 5.02 Å². The second-order valence-electron chi connectivity index (χ2n) is 7.65. The molecule has 2 heterocycles. The third-order valence-electron chi connectivity index (χ3n) is 5.45. The summed E-state index contributed by atoms with van der Waals surface area (Å²) in [5.74, 6) is -2.20. The van der Waals surface area contributed by atoms with Gasteiger partial charge in [-0.1, -0.05) is 17.7 Å². The fraction of sp³-hybridized carbons (Fsp3) is 0.381. The van der Waals surface area contributed by atoms with Crippen molar-refractivity contribution in [3.05, 3.63) is 61.8 Å². The molecule has 1 aliphatic heterocycles. The summed E-state index contributed by atoms with van der Waals surface area (Å²) in [4.78, 5) is 41.6. The van der Waals surface area contributed by atoms with E-state index in [9.17, 15) is 23.9 Å². The van der Waals surface area contributed by atoms with Crippen LogP contribution < -0.4 is 5.56 Å². The lowest BCUT2D eigenvalue weighted by molar-refractivity contribution is 0.0714. The highest BCUT2D eigenvalue weighted by Crippen LogP contribution is 2.29. The van der Waals surface area contributed by atoms with Crippen molar-refractivity contribution in [2.75, 3.05) is 13.6 Å². The minimum absolute atomic E-state index is 0.0568. The maximum atomic E-state index is 13.4. The Kier molecular flexibility index (Phi) is 5.90. The molecule has 1 aliphatic rings. The summed E-state index contributed by atoms with van der Waals surface area (Å²) in [5, 5.41) is 10.4. The lowest BCUT2D eigenvalue weighted by atomic mass is 9.95. The molecule has 0 spiro atoms. The lowest BCUT2D eigenvalue weighted by Gasteiger charge is -2.32. The molecule has 3 rings (SSSR count). The van der Waals surface area contributed by atoms with Crippen LogP contribution >= 0.6 is 11.6 Å². The van der Waals surface area contributed by atoms with Crippen LogP contribution in [0, 0.1) is 5.82 Å². The molecule has 7 nitrogen and oxygen atoms in total. The van der Waals surface area contributed by atoms with Crippen molar-refractivity contribution in [1.82, 2.24) is 14.4 Å². The SMILES string of the molecule is CC(C)N(C)C(=O)c1c2c(c(O)c(=O)n1C)C(=O)N(Cc1ccc(F)c(Cl)c1)CC2. The molecule has 1 aromatic carbocycles. The van der Waals surface area contributed by atoms with Gasteiger partial charge < -0.3 is 19.5 Å². The Morgan fingerprint density at radius 1 is 1.33 bits per heavy atom. The number of aromatic nitrogens is 1. The Hall–Kier alpha value is -2.87. The molecular weight excluding hydrogens is 413 g/mol. The monoisotopic (exact) mass is 435 g/mol. The van der Waals surface area contributed by atoms with Crippen molar-refractivity contribution in [2.24, 2.45) is 7.05 Å². The molecule has 9 heteroatoms. The van der Waals surface area contributed by atoms with Crippen LogP contribution in [0.3, 0.4) is 0 Å². The largest absolute Gasteiger partial charge is 0.502 e. The van der Waals surface area contributed by atoms with Crippen LogP contribution in [0.5, 0.6) is 5.75 Å². The third-order valence-corrected chi connectivity index (χ3v) is 5.74. The van der Waals surface area contributed by atoms with E-state index in [1.165, 1.54) is 35.0 Å². The normalized spacial score (nSPS) is 13.6. The summed E-state index contributed by atoms with van der Waals surface area (Å²) in [6.07, 6.45) is 0.282. The predicted octanol–water partition coefficient (Wildman–Crippen LogP) is 2.56. The van der Waals surface area contributed by atoms with E-state index < -0.39 is 28.9 Å². The van der Waals surface area contributed by atoms with E-state index in [2.05, 4.69) is 0 Å². The molecule has 160 valence electrons. The van der Waals surface area contributed by atoms with E-state index in [0.29, 0.717) is 11.1 Å². The Bertz CT molecular complexity index is 1100. The number of hydrogen-bond donors (Lipinski definition) is 1. The zero-order valence-electron chi connectivity index (χ0n) is 17.2. The Labute approximate surface area is 178 Å². The van der Waals surface area contributed by atoms with Gasteiger partial charge in [-0.3, -0.25) is 14.4 Å². The average Bonchev–Trinajstić information content (AvgIpc) is 2.70. The van der Waals surface area contributed by atoms with Gasteiger partial charge in [0, 0.05) is 38.8 Å². The molecule has 0 radical (unpaired) electrons. The lowest BCUT2D eigenvalue weighted by Crippen LogP contribution is -2.43. The number of aromatic hydroxyl groups is 1. The Morgan fingerprint density at radius 2 is 2.00 bits per heavy atom. The number of carbonyl (C=O) groups excluding carboxylic acids is 2. The van der Waals surface area contributed by atoms with E-state index in [-0.39, 0.29) is 41.8 Å². The zero-order chi connectivity index (χ0) is 22.3. The number of rotatable bonds is 4. The van der Waals surface area contributed by atoms with Crippen molar-refractivity contribution < 1.29 is 19.1 Å². The second kappa shape index (κ2) is 8.10. The van der Waals surface area contributed by atoms with Crippen LogP contribution in [0.1, 0.15) is 45.8 Å². The van der Waals surface area contributed by atoms with E-state index in [1.54, 1.807) is 7.05 Å². The second-order valence-corrected chi connectivity index (χ2v) is 8.06. The molecule has 1 aromatic heterocycles. The molecule has 0 atom stereocenters. The number of halogens is 2. The van der Waals surface area contributed by atoms with Crippen molar-refractivity contribution >= 4 is 23.4 Å². The Morgan fingerprint density at radius 3 is 2.60 bits per heavy atom. The van der Waals surface area contributed by atoms with Gasteiger partial charge in [-0.15, -0.1) is 0 Å². The third kappa shape index (κ3) is 3.67. The summed E-state index contributed by atoms with van der Waals surface area (Å²) in [5.41, 5.74) is 0.0945. The van der Waals surface area contributed by atoms with Gasteiger partial charge in [0.25, 0.3) is 17.4 Å². The molecule has 0 saturated heterocycles. The highest BCUT2D eigenvalue weighted by atomic mass is 35.5. The van der Waals surface area contributed by atoms with Crippen molar-refractivity contribution in [3.8, 4) is 5.75 Å². The van der Waals surface area contributed by atoms with Crippen molar-refractivity contribution in [2.45, 2.75) is 32.9 Å². The summed E-state index contributed by atoms with van der Waals surface area (Å²) >= 11 is 5.82. The molecule has 2 aromatic rings. The number of carbonyl (C=O) groups is 2. The molecule has 0 fully saturated rings. The molecule has 0 bridgehead atoms. The number of amides is 2. The number of hydrogen-bond acceptors (Lipinski definition) is 4. The Balaban J connectivity index is 2.05. The predicted molar refractivity (Wildman–Crippen MR) is 110 cm³/mol. The first-order valence-corrected chi connectivity index (χ1v) is 9.87. The average molecular weight is 436 g/mol. The highest BCUT2D eigenvalue weighted by molar-refractivity contribution is 6.30. The van der Waals surface area contributed by atoms with Crippen LogP contribution in [0.15, 0.2) is 23.0 Å². The molecule has 0 unspecified atom stereocenters. The number of fused-ring (bicyclic) bond motifs is 1. The van der Waals surface area contributed by atoms with E-state index in [1.807, 2.05) is 13.8 Å². The van der Waals surface area contributed by atoms with Crippen LogP contribution in [0.4, 0.5) is 4.39 Å². The minimum atomic E-state index is -0.811. The van der Waals surface area contributed by atoms with Crippen molar-refractivity contribution in [3.63, 3.8) is 0 Å². The summed E-state index contributed by atoms with van der Waals surface area (Å²) < 4.78 is 14.5. The molecule has 0 aliphatic carbocycles. The van der Waals surface area contributed by atoms with E-state index in [0.717, 1.165) is 4.57 Å². The van der Waals surface area contributed by atoms with Gasteiger partial charge in [0.1, 0.15) is 11.5 Å².